The average molecular weight is 514 g/mol. The summed E-state index contributed by atoms with van der Waals surface area (Å²) in [6.45, 7) is 30.3. The van der Waals surface area contributed by atoms with Crippen molar-refractivity contribution in [2.24, 2.45) is 0 Å². The van der Waals surface area contributed by atoms with Gasteiger partial charge in [0.1, 0.15) is 0 Å². The van der Waals surface area contributed by atoms with Gasteiger partial charge in [0.15, 0.2) is 0 Å². The molecule has 0 unspecified atom stereocenters. The van der Waals surface area contributed by atoms with Crippen molar-refractivity contribution in [2.45, 2.75) is 138 Å². The molecule has 220 valence electrons. The summed E-state index contributed by atoms with van der Waals surface area (Å²) < 4.78 is 0. The van der Waals surface area contributed by atoms with E-state index in [-0.39, 0.29) is 0 Å². The molecular formula is C31H71N5. The Morgan fingerprint density at radius 2 is 0.556 bits per heavy atom. The minimum Gasteiger partial charge on any atom is -0.307 e. The lowest BCUT2D eigenvalue weighted by Crippen LogP contribution is -2.41. The molecule has 0 aromatic carbocycles. The van der Waals surface area contributed by atoms with Crippen LogP contribution in [0.1, 0.15) is 108 Å². The Morgan fingerprint density at radius 3 is 0.667 bits per heavy atom. The Morgan fingerprint density at radius 1 is 0.361 bits per heavy atom. The van der Waals surface area contributed by atoms with Crippen LogP contribution in [0.5, 0.6) is 0 Å². The number of hydrogen-bond acceptors (Lipinski definition) is 5. The third-order valence-electron chi connectivity index (χ3n) is 7.68. The van der Waals surface area contributed by atoms with Crippen LogP contribution in [0, 0.1) is 0 Å². The van der Waals surface area contributed by atoms with Gasteiger partial charge in [-0.1, -0.05) is 6.42 Å². The highest BCUT2D eigenvalue weighted by Crippen LogP contribution is 2.11. The molecule has 0 aromatic rings. The fraction of sp³-hybridized carbons (Fsp3) is 1.00. The monoisotopic (exact) mass is 514 g/mol. The summed E-state index contributed by atoms with van der Waals surface area (Å²) in [4.78, 5) is 11.9. The normalized spacial score (nSPS) is 18.9. The highest BCUT2D eigenvalue weighted by atomic mass is 15.2. The van der Waals surface area contributed by atoms with E-state index in [1.807, 2.05) is 0 Å². The second kappa shape index (κ2) is 22.8. The van der Waals surface area contributed by atoms with E-state index in [1.165, 1.54) is 77.8 Å². The van der Waals surface area contributed by atoms with Crippen LogP contribution < -0.4 is 0 Å². The molecule has 3 aliphatic heterocycles. The van der Waals surface area contributed by atoms with Crippen LogP contribution in [0.2, 0.25) is 0 Å². The van der Waals surface area contributed by atoms with Crippen LogP contribution in [0.4, 0.5) is 0 Å². The molecule has 5 nitrogen and oxygen atoms in total. The number of hydrogen-bond donors (Lipinski definition) is 0. The maximum atomic E-state index is 2.56. The van der Waals surface area contributed by atoms with Crippen LogP contribution in [0.15, 0.2) is 0 Å². The van der Waals surface area contributed by atoms with Gasteiger partial charge in [-0.15, -0.1) is 0 Å². The molecule has 3 aliphatic rings. The Kier molecular flexibility index (Phi) is 24.0. The van der Waals surface area contributed by atoms with Crippen LogP contribution in [0.3, 0.4) is 0 Å². The molecule has 3 heterocycles. The SMILES string of the molecule is CC(C)N(C)C.CC(C)N(C)C.CC(C)N1CCC1.CC(C)N1CCCC1.CC(C)N1CCCCC1. The summed E-state index contributed by atoms with van der Waals surface area (Å²) in [5.74, 6) is 0. The van der Waals surface area contributed by atoms with Gasteiger partial charge in [0.05, 0.1) is 0 Å². The molecular weight excluding hydrogens is 442 g/mol. The van der Waals surface area contributed by atoms with E-state index in [0.717, 1.165) is 18.1 Å². The van der Waals surface area contributed by atoms with E-state index < -0.39 is 0 Å². The first-order chi connectivity index (χ1) is 16.7. The lowest BCUT2D eigenvalue weighted by Gasteiger charge is -2.34. The first-order valence-corrected chi connectivity index (χ1v) is 15.3. The van der Waals surface area contributed by atoms with Crippen LogP contribution in [-0.4, -0.2) is 122 Å². The second-order valence-electron chi connectivity index (χ2n) is 12.6. The van der Waals surface area contributed by atoms with E-state index in [9.17, 15) is 0 Å². The minimum atomic E-state index is 0.685. The van der Waals surface area contributed by atoms with Crippen molar-refractivity contribution < 1.29 is 0 Å². The van der Waals surface area contributed by atoms with Crippen LogP contribution in [0.25, 0.3) is 0 Å². The third kappa shape index (κ3) is 21.8. The molecule has 0 saturated carbocycles. The van der Waals surface area contributed by atoms with Gasteiger partial charge in [-0.2, -0.15) is 0 Å². The molecule has 3 rings (SSSR count). The van der Waals surface area contributed by atoms with E-state index >= 15 is 0 Å². The third-order valence-corrected chi connectivity index (χ3v) is 7.68. The van der Waals surface area contributed by atoms with Crippen LogP contribution in [-0.2, 0) is 0 Å². The molecule has 0 amide bonds. The van der Waals surface area contributed by atoms with Gasteiger partial charge in [-0.3, -0.25) is 0 Å². The van der Waals surface area contributed by atoms with Crippen molar-refractivity contribution in [3.63, 3.8) is 0 Å². The number of likely N-dealkylation sites (tertiary alicyclic amines) is 3. The molecule has 36 heavy (non-hydrogen) atoms. The minimum absolute atomic E-state index is 0.685. The van der Waals surface area contributed by atoms with Crippen LogP contribution >= 0.6 is 0 Å². The lowest BCUT2D eigenvalue weighted by atomic mass is 10.1. The van der Waals surface area contributed by atoms with Gasteiger partial charge in [0.2, 0.25) is 0 Å². The lowest BCUT2D eigenvalue weighted by molar-refractivity contribution is 0.138. The molecule has 3 saturated heterocycles. The zero-order valence-corrected chi connectivity index (χ0v) is 27.6. The molecule has 0 bridgehead atoms. The van der Waals surface area contributed by atoms with Crippen molar-refractivity contribution in [3.05, 3.63) is 0 Å². The largest absolute Gasteiger partial charge is 0.307 e. The first-order valence-electron chi connectivity index (χ1n) is 15.3. The fourth-order valence-corrected chi connectivity index (χ4v) is 3.55. The maximum absolute atomic E-state index is 2.56. The molecule has 0 N–H and O–H groups in total. The first kappa shape index (κ1) is 37.9. The summed E-state index contributed by atoms with van der Waals surface area (Å²) in [5, 5.41) is 0. The molecule has 0 radical (unpaired) electrons. The summed E-state index contributed by atoms with van der Waals surface area (Å²) in [5.41, 5.74) is 0. The van der Waals surface area contributed by atoms with E-state index in [4.69, 9.17) is 0 Å². The number of nitrogens with zero attached hydrogens (tertiary/aromatic N) is 5. The van der Waals surface area contributed by atoms with Gasteiger partial charge >= 0.3 is 0 Å². The zero-order valence-electron chi connectivity index (χ0n) is 27.6. The smallest absolute Gasteiger partial charge is 0.00386 e. The summed E-state index contributed by atoms with van der Waals surface area (Å²) in [6.07, 6.45) is 8.52. The molecule has 0 spiro atoms. The van der Waals surface area contributed by atoms with Crippen molar-refractivity contribution >= 4 is 0 Å². The molecule has 0 atom stereocenters. The van der Waals surface area contributed by atoms with Gasteiger partial charge < -0.3 is 24.5 Å². The molecule has 3 fully saturated rings. The Hall–Kier alpha value is -0.200. The Labute approximate surface area is 229 Å². The van der Waals surface area contributed by atoms with Gasteiger partial charge in [0.25, 0.3) is 0 Å². The maximum Gasteiger partial charge on any atom is 0.00386 e. The van der Waals surface area contributed by atoms with Gasteiger partial charge in [0, 0.05) is 30.2 Å². The zero-order chi connectivity index (χ0) is 28.3. The fourth-order valence-electron chi connectivity index (χ4n) is 3.55. The summed E-state index contributed by atoms with van der Waals surface area (Å²) >= 11 is 0. The number of rotatable bonds is 5. The van der Waals surface area contributed by atoms with Crippen molar-refractivity contribution in [1.82, 2.24) is 24.5 Å². The summed E-state index contributed by atoms with van der Waals surface area (Å²) in [6, 6.07) is 3.70. The topological polar surface area (TPSA) is 16.2 Å². The standard InChI is InChI=1S/C8H17N.C7H15N.C6H13N.2C5H13N/c1-8(2)9-6-4-3-5-7-9;1-7(2)8-5-3-4-6-8;1-6(2)7-4-3-5-7;2*1-5(2)6(3)4/h8H,3-7H2,1-2H3;7H,3-6H2,1-2H3;6H,3-5H2,1-2H3;2*5H,1-4H3. The van der Waals surface area contributed by atoms with Crippen molar-refractivity contribution in [2.75, 3.05) is 67.5 Å². The second-order valence-corrected chi connectivity index (χ2v) is 12.6. The Bertz CT molecular complexity index is 420. The highest BCUT2D eigenvalue weighted by molar-refractivity contribution is 4.71. The van der Waals surface area contributed by atoms with Crippen molar-refractivity contribution in [1.29, 1.82) is 0 Å². The highest BCUT2D eigenvalue weighted by Gasteiger charge is 2.15. The molecule has 0 aliphatic carbocycles. The average Bonchev–Trinajstić information content (AvgIpc) is 3.30. The van der Waals surface area contributed by atoms with E-state index in [1.54, 1.807) is 0 Å². The predicted molar refractivity (Wildman–Crippen MR) is 165 cm³/mol. The summed E-state index contributed by atoms with van der Waals surface area (Å²) in [7, 11) is 8.30. The van der Waals surface area contributed by atoms with Gasteiger partial charge in [-0.05, 0) is 169 Å². The van der Waals surface area contributed by atoms with E-state index in [2.05, 4.69) is 122 Å². The molecule has 0 aromatic heterocycles. The van der Waals surface area contributed by atoms with Gasteiger partial charge in [-0.25, -0.2) is 0 Å². The quantitative estimate of drug-likeness (QED) is 0.422. The number of piperidine rings is 1. The van der Waals surface area contributed by atoms with E-state index in [0.29, 0.717) is 12.1 Å². The Balaban J connectivity index is 0. The predicted octanol–water partition coefficient (Wildman–Crippen LogP) is 6.38. The van der Waals surface area contributed by atoms with Crippen molar-refractivity contribution in [3.8, 4) is 0 Å². The molecule has 5 heteroatoms.